The highest BCUT2D eigenvalue weighted by Crippen LogP contribution is 2.20. The molecule has 0 atom stereocenters. The van der Waals surface area contributed by atoms with E-state index in [1.807, 2.05) is 24.3 Å². The summed E-state index contributed by atoms with van der Waals surface area (Å²) in [5.41, 5.74) is 1.10. The van der Waals surface area contributed by atoms with E-state index in [2.05, 4.69) is 5.32 Å². The molecule has 0 saturated heterocycles. The van der Waals surface area contributed by atoms with Gasteiger partial charge < -0.3 is 15.2 Å². The summed E-state index contributed by atoms with van der Waals surface area (Å²) in [7, 11) is 1.58. The van der Waals surface area contributed by atoms with Crippen molar-refractivity contribution in [1.82, 2.24) is 0 Å². The molecule has 0 heterocycles. The van der Waals surface area contributed by atoms with Crippen LogP contribution in [0.25, 0.3) is 0 Å². The number of ether oxygens (including phenoxy) is 1. The number of aromatic carboxylic acids is 1. The minimum atomic E-state index is -1.28. The number of halogens is 1. The summed E-state index contributed by atoms with van der Waals surface area (Å²) >= 11 is 0. The third-order valence-electron chi connectivity index (χ3n) is 2.87. The first-order valence-electron chi connectivity index (χ1n) is 6.00. The number of methoxy groups -OCH3 is 1. The number of hydrogen-bond acceptors (Lipinski definition) is 3. The van der Waals surface area contributed by atoms with Gasteiger partial charge in [0.15, 0.2) is 0 Å². The van der Waals surface area contributed by atoms with Gasteiger partial charge >= 0.3 is 5.97 Å². The predicted octanol–water partition coefficient (Wildman–Crippen LogP) is 3.14. The van der Waals surface area contributed by atoms with Crippen LogP contribution in [0.2, 0.25) is 0 Å². The number of benzene rings is 2. The largest absolute Gasteiger partial charge is 0.496 e. The molecule has 2 N–H and O–H groups in total. The van der Waals surface area contributed by atoms with Crippen molar-refractivity contribution in [3.05, 3.63) is 59.4 Å². The van der Waals surface area contributed by atoms with Gasteiger partial charge in [0.2, 0.25) is 0 Å². The lowest BCUT2D eigenvalue weighted by atomic mass is 10.1. The summed E-state index contributed by atoms with van der Waals surface area (Å²) in [5.74, 6) is -1.30. The Morgan fingerprint density at radius 1 is 1.30 bits per heavy atom. The first kappa shape index (κ1) is 13.9. The number of para-hydroxylation sites is 1. The van der Waals surface area contributed by atoms with Crippen LogP contribution in [0.1, 0.15) is 15.9 Å². The van der Waals surface area contributed by atoms with Gasteiger partial charge in [-0.05, 0) is 24.3 Å². The molecule has 2 aromatic rings. The van der Waals surface area contributed by atoms with Gasteiger partial charge in [0.05, 0.1) is 12.7 Å². The van der Waals surface area contributed by atoms with Gasteiger partial charge in [0.1, 0.15) is 11.6 Å². The Hall–Kier alpha value is -2.56. The first-order valence-corrected chi connectivity index (χ1v) is 6.00. The second-order valence-corrected chi connectivity index (χ2v) is 4.17. The summed E-state index contributed by atoms with van der Waals surface area (Å²) in [6.07, 6.45) is 0. The van der Waals surface area contributed by atoms with E-state index in [4.69, 9.17) is 9.84 Å². The van der Waals surface area contributed by atoms with Crippen LogP contribution in [0.3, 0.4) is 0 Å². The van der Waals surface area contributed by atoms with E-state index in [0.717, 1.165) is 11.3 Å². The highest BCUT2D eigenvalue weighted by Gasteiger charge is 2.10. The normalized spacial score (nSPS) is 10.1. The number of nitrogens with one attached hydrogen (secondary N) is 1. The standard InChI is InChI=1S/C15H14FNO3/c1-20-14-5-3-2-4-10(14)9-17-11-6-7-12(15(18)19)13(16)8-11/h2-8,17H,9H2,1H3,(H,18,19). The van der Waals surface area contributed by atoms with Crippen molar-refractivity contribution in [2.45, 2.75) is 6.54 Å². The van der Waals surface area contributed by atoms with E-state index >= 15 is 0 Å². The monoisotopic (exact) mass is 275 g/mol. The van der Waals surface area contributed by atoms with Crippen LogP contribution in [0.4, 0.5) is 10.1 Å². The zero-order valence-corrected chi connectivity index (χ0v) is 10.9. The summed E-state index contributed by atoms with van der Waals surface area (Å²) < 4.78 is 18.7. The molecule has 0 aromatic heterocycles. The average molecular weight is 275 g/mol. The molecule has 2 rings (SSSR count). The summed E-state index contributed by atoms with van der Waals surface area (Å²) in [5, 5.41) is 11.8. The lowest BCUT2D eigenvalue weighted by molar-refractivity contribution is 0.0692. The lowest BCUT2D eigenvalue weighted by Gasteiger charge is -2.10. The topological polar surface area (TPSA) is 58.6 Å². The molecule has 4 nitrogen and oxygen atoms in total. The maximum absolute atomic E-state index is 13.5. The Kier molecular flexibility index (Phi) is 4.20. The minimum Gasteiger partial charge on any atom is -0.496 e. The Labute approximate surface area is 115 Å². The third kappa shape index (κ3) is 3.06. The second kappa shape index (κ2) is 6.06. The predicted molar refractivity (Wildman–Crippen MR) is 73.7 cm³/mol. The summed E-state index contributed by atoms with van der Waals surface area (Å²) in [6.45, 7) is 0.454. The van der Waals surface area contributed by atoms with Crippen molar-refractivity contribution in [2.24, 2.45) is 0 Å². The minimum absolute atomic E-state index is 0.340. The van der Waals surface area contributed by atoms with Gasteiger partial charge in [-0.25, -0.2) is 9.18 Å². The molecular weight excluding hydrogens is 261 g/mol. The van der Waals surface area contributed by atoms with Crippen molar-refractivity contribution >= 4 is 11.7 Å². The van der Waals surface area contributed by atoms with E-state index in [-0.39, 0.29) is 5.56 Å². The molecule has 5 heteroatoms. The Morgan fingerprint density at radius 2 is 2.05 bits per heavy atom. The quantitative estimate of drug-likeness (QED) is 0.880. The van der Waals surface area contributed by atoms with Gasteiger partial charge in [-0.3, -0.25) is 0 Å². The second-order valence-electron chi connectivity index (χ2n) is 4.17. The zero-order valence-electron chi connectivity index (χ0n) is 10.9. The molecule has 0 bridgehead atoms. The number of carbonyl (C=O) groups is 1. The maximum atomic E-state index is 13.5. The number of carboxylic acids is 1. The molecular formula is C15H14FNO3. The molecule has 0 aliphatic rings. The van der Waals surface area contributed by atoms with Crippen LogP contribution < -0.4 is 10.1 Å². The smallest absolute Gasteiger partial charge is 0.338 e. The highest BCUT2D eigenvalue weighted by atomic mass is 19.1. The fourth-order valence-electron chi connectivity index (χ4n) is 1.84. The summed E-state index contributed by atoms with van der Waals surface area (Å²) in [6, 6.07) is 11.4. The van der Waals surface area contributed by atoms with E-state index in [9.17, 15) is 9.18 Å². The Balaban J connectivity index is 2.11. The molecule has 0 spiro atoms. The van der Waals surface area contributed by atoms with Crippen molar-refractivity contribution in [3.63, 3.8) is 0 Å². The van der Waals surface area contributed by atoms with Crippen LogP contribution in [-0.2, 0) is 6.54 Å². The Morgan fingerprint density at radius 3 is 2.70 bits per heavy atom. The van der Waals surface area contributed by atoms with Crippen LogP contribution >= 0.6 is 0 Å². The molecule has 2 aromatic carbocycles. The third-order valence-corrected chi connectivity index (χ3v) is 2.87. The average Bonchev–Trinajstić information content (AvgIpc) is 2.45. The van der Waals surface area contributed by atoms with E-state index in [1.54, 1.807) is 7.11 Å². The Bertz CT molecular complexity index is 628. The molecule has 0 aliphatic heterocycles. The van der Waals surface area contributed by atoms with Crippen LogP contribution in [-0.4, -0.2) is 18.2 Å². The van der Waals surface area contributed by atoms with Gasteiger partial charge in [-0.2, -0.15) is 0 Å². The molecule has 0 amide bonds. The van der Waals surface area contributed by atoms with Gasteiger partial charge in [-0.15, -0.1) is 0 Å². The fourth-order valence-corrected chi connectivity index (χ4v) is 1.84. The molecule has 0 fully saturated rings. The van der Waals surface area contributed by atoms with E-state index in [0.29, 0.717) is 12.2 Å². The van der Waals surface area contributed by atoms with Gasteiger partial charge in [-0.1, -0.05) is 18.2 Å². The van der Waals surface area contributed by atoms with E-state index < -0.39 is 11.8 Å². The van der Waals surface area contributed by atoms with Crippen LogP contribution in [0, 0.1) is 5.82 Å². The van der Waals surface area contributed by atoms with E-state index in [1.165, 1.54) is 18.2 Å². The van der Waals surface area contributed by atoms with Crippen molar-refractivity contribution in [1.29, 1.82) is 0 Å². The molecule has 0 radical (unpaired) electrons. The van der Waals surface area contributed by atoms with Gasteiger partial charge in [0, 0.05) is 17.8 Å². The molecule has 104 valence electrons. The number of rotatable bonds is 5. The zero-order chi connectivity index (χ0) is 14.5. The fraction of sp³-hybridized carbons (Fsp3) is 0.133. The number of anilines is 1. The van der Waals surface area contributed by atoms with Crippen LogP contribution in [0.15, 0.2) is 42.5 Å². The molecule has 20 heavy (non-hydrogen) atoms. The van der Waals surface area contributed by atoms with Crippen molar-refractivity contribution in [3.8, 4) is 5.75 Å². The van der Waals surface area contributed by atoms with Crippen molar-refractivity contribution < 1.29 is 19.0 Å². The van der Waals surface area contributed by atoms with Crippen molar-refractivity contribution in [2.75, 3.05) is 12.4 Å². The molecule has 0 unspecified atom stereocenters. The molecule has 0 aliphatic carbocycles. The number of carboxylic acid groups (broad SMARTS) is 1. The maximum Gasteiger partial charge on any atom is 0.338 e. The first-order chi connectivity index (χ1) is 9.61. The molecule has 0 saturated carbocycles. The van der Waals surface area contributed by atoms with Crippen LogP contribution in [0.5, 0.6) is 5.75 Å². The number of hydrogen-bond donors (Lipinski definition) is 2. The SMILES string of the molecule is COc1ccccc1CNc1ccc(C(=O)O)c(F)c1. The van der Waals surface area contributed by atoms with Gasteiger partial charge in [0.25, 0.3) is 0 Å². The summed E-state index contributed by atoms with van der Waals surface area (Å²) in [4.78, 5) is 10.7. The lowest BCUT2D eigenvalue weighted by Crippen LogP contribution is -2.04. The highest BCUT2D eigenvalue weighted by molar-refractivity contribution is 5.88.